The summed E-state index contributed by atoms with van der Waals surface area (Å²) < 4.78 is 14.9. The first-order valence-corrected chi connectivity index (χ1v) is 6.02. The van der Waals surface area contributed by atoms with Crippen molar-refractivity contribution in [3.05, 3.63) is 28.3 Å². The largest absolute Gasteiger partial charge is 0.495 e. The molecule has 1 aromatic carbocycles. The average Bonchev–Trinajstić information content (AvgIpc) is 2.46. The Kier molecular flexibility index (Phi) is 6.92. The van der Waals surface area contributed by atoms with Gasteiger partial charge in [-0.25, -0.2) is 4.79 Å². The van der Waals surface area contributed by atoms with Crippen LogP contribution in [0, 0.1) is 10.1 Å². The van der Waals surface area contributed by atoms with Gasteiger partial charge in [0.1, 0.15) is 12.5 Å². The van der Waals surface area contributed by atoms with Gasteiger partial charge in [0.2, 0.25) is 0 Å². The van der Waals surface area contributed by atoms with Crippen LogP contribution in [0.3, 0.4) is 0 Å². The number of hydrogen-bond acceptors (Lipinski definition) is 6. The number of ether oxygens (including phenoxy) is 3. The summed E-state index contributed by atoms with van der Waals surface area (Å²) in [6, 6.07) is 3.34. The topological polar surface area (TPSA) is 112 Å². The monoisotopic (exact) mass is 299 g/mol. The molecule has 0 aliphatic heterocycles. The maximum absolute atomic E-state index is 11.6. The summed E-state index contributed by atoms with van der Waals surface area (Å²) >= 11 is 0. The normalized spacial score (nSPS) is 10.0. The number of nitro benzene ring substituents is 1. The Morgan fingerprint density at radius 3 is 2.71 bits per heavy atom. The van der Waals surface area contributed by atoms with E-state index in [9.17, 15) is 14.9 Å². The van der Waals surface area contributed by atoms with E-state index in [-0.39, 0.29) is 18.1 Å². The number of nitrogens with zero attached hydrogens (tertiary/aromatic N) is 1. The summed E-state index contributed by atoms with van der Waals surface area (Å²) in [6.45, 7) is 0.755. The molecular weight excluding hydrogens is 282 g/mol. The van der Waals surface area contributed by atoms with Crippen LogP contribution in [0.15, 0.2) is 18.2 Å². The molecule has 0 bridgehead atoms. The Morgan fingerprint density at radius 1 is 1.33 bits per heavy atom. The Balaban J connectivity index is 2.57. The molecule has 0 atom stereocenters. The van der Waals surface area contributed by atoms with E-state index in [0.29, 0.717) is 19.0 Å². The van der Waals surface area contributed by atoms with E-state index in [1.807, 2.05) is 0 Å². The van der Waals surface area contributed by atoms with Crippen molar-refractivity contribution in [3.63, 3.8) is 0 Å². The number of non-ortho nitro benzene ring substituents is 1. The van der Waals surface area contributed by atoms with Gasteiger partial charge in [0, 0.05) is 19.2 Å². The zero-order valence-corrected chi connectivity index (χ0v) is 11.8. The van der Waals surface area contributed by atoms with Crippen molar-refractivity contribution in [3.8, 4) is 5.75 Å². The molecule has 1 aromatic rings. The highest BCUT2D eigenvalue weighted by atomic mass is 16.6. The molecule has 0 aromatic heterocycles. The highest BCUT2D eigenvalue weighted by Crippen LogP contribution is 2.28. The molecule has 0 fully saturated rings. The summed E-state index contributed by atoms with van der Waals surface area (Å²) in [7, 11) is 2.94. The lowest BCUT2D eigenvalue weighted by molar-refractivity contribution is -0.384. The number of carbonyl (C=O) groups is 1. The zero-order chi connectivity index (χ0) is 15.7. The minimum absolute atomic E-state index is 0.00750. The molecule has 0 radical (unpaired) electrons. The molecule has 9 heteroatoms. The third kappa shape index (κ3) is 5.63. The summed E-state index contributed by atoms with van der Waals surface area (Å²) in [5.74, 6) is 0.316. The standard InChI is InChI=1S/C12H17N3O6/c1-19-5-6-21-8-13-12(16)14-10-7-9(15(17)18)3-4-11(10)20-2/h3-4,7H,5-6,8H2,1-2H3,(H2,13,14,16). The number of benzene rings is 1. The second-order valence-electron chi connectivity index (χ2n) is 3.82. The van der Waals surface area contributed by atoms with Gasteiger partial charge in [-0.3, -0.25) is 10.1 Å². The molecule has 0 heterocycles. The Bertz CT molecular complexity index is 494. The minimum Gasteiger partial charge on any atom is -0.495 e. The third-order valence-electron chi connectivity index (χ3n) is 2.41. The summed E-state index contributed by atoms with van der Waals surface area (Å²) in [6.07, 6.45) is 0. The van der Waals surface area contributed by atoms with Crippen molar-refractivity contribution in [1.82, 2.24) is 5.32 Å². The molecule has 116 valence electrons. The zero-order valence-electron chi connectivity index (χ0n) is 11.8. The second-order valence-corrected chi connectivity index (χ2v) is 3.82. The van der Waals surface area contributed by atoms with Crippen LogP contribution in [0.1, 0.15) is 0 Å². The van der Waals surface area contributed by atoms with Crippen LogP contribution in [0.25, 0.3) is 0 Å². The number of anilines is 1. The van der Waals surface area contributed by atoms with Crippen LogP contribution >= 0.6 is 0 Å². The van der Waals surface area contributed by atoms with Crippen LogP contribution < -0.4 is 15.4 Å². The maximum atomic E-state index is 11.6. The van der Waals surface area contributed by atoms with Gasteiger partial charge in [-0.15, -0.1) is 0 Å². The van der Waals surface area contributed by atoms with E-state index in [1.54, 1.807) is 0 Å². The van der Waals surface area contributed by atoms with E-state index in [2.05, 4.69) is 10.6 Å². The second kappa shape index (κ2) is 8.72. The number of hydrogen-bond donors (Lipinski definition) is 2. The van der Waals surface area contributed by atoms with E-state index in [4.69, 9.17) is 14.2 Å². The van der Waals surface area contributed by atoms with E-state index in [1.165, 1.54) is 32.4 Å². The maximum Gasteiger partial charge on any atom is 0.321 e. The third-order valence-corrected chi connectivity index (χ3v) is 2.41. The van der Waals surface area contributed by atoms with Gasteiger partial charge in [-0.1, -0.05) is 0 Å². The van der Waals surface area contributed by atoms with E-state index in [0.717, 1.165) is 0 Å². The van der Waals surface area contributed by atoms with Crippen LogP contribution in [0.5, 0.6) is 5.75 Å². The van der Waals surface area contributed by atoms with Crippen molar-refractivity contribution in [2.24, 2.45) is 0 Å². The van der Waals surface area contributed by atoms with Crippen LogP contribution in [0.2, 0.25) is 0 Å². The first-order valence-electron chi connectivity index (χ1n) is 6.02. The molecule has 21 heavy (non-hydrogen) atoms. The van der Waals surface area contributed by atoms with Gasteiger partial charge >= 0.3 is 6.03 Å². The summed E-state index contributed by atoms with van der Waals surface area (Å²) in [4.78, 5) is 21.8. The lowest BCUT2D eigenvalue weighted by atomic mass is 10.2. The minimum atomic E-state index is -0.564. The number of methoxy groups -OCH3 is 2. The molecule has 1 rings (SSSR count). The molecular formula is C12H17N3O6. The SMILES string of the molecule is COCCOCNC(=O)Nc1cc([N+](=O)[O-])ccc1OC. The van der Waals surface area contributed by atoms with E-state index < -0.39 is 11.0 Å². The van der Waals surface area contributed by atoms with Gasteiger partial charge in [0.25, 0.3) is 5.69 Å². The number of carbonyl (C=O) groups excluding carboxylic acids is 1. The average molecular weight is 299 g/mol. The van der Waals surface area contributed by atoms with Crippen molar-refractivity contribution in [2.45, 2.75) is 0 Å². The van der Waals surface area contributed by atoms with Gasteiger partial charge in [-0.2, -0.15) is 0 Å². The van der Waals surface area contributed by atoms with Gasteiger partial charge < -0.3 is 24.8 Å². The van der Waals surface area contributed by atoms with Gasteiger partial charge in [0.05, 0.1) is 30.9 Å². The lowest BCUT2D eigenvalue weighted by Gasteiger charge is -2.11. The molecule has 0 saturated heterocycles. The Labute approximate surface area is 121 Å². The number of rotatable bonds is 8. The first kappa shape index (κ1) is 16.7. The molecule has 9 nitrogen and oxygen atoms in total. The molecule has 0 saturated carbocycles. The van der Waals surface area contributed by atoms with Gasteiger partial charge in [0.15, 0.2) is 0 Å². The summed E-state index contributed by atoms with van der Waals surface area (Å²) in [5, 5.41) is 15.6. The highest BCUT2D eigenvalue weighted by Gasteiger charge is 2.13. The molecule has 0 spiro atoms. The Hall–Kier alpha value is -2.39. The smallest absolute Gasteiger partial charge is 0.321 e. The number of nitro groups is 1. The quantitative estimate of drug-likeness (QED) is 0.324. The molecule has 2 amide bonds. The molecule has 0 aliphatic carbocycles. The molecule has 0 unspecified atom stereocenters. The number of nitrogens with one attached hydrogen (secondary N) is 2. The van der Waals surface area contributed by atoms with Gasteiger partial charge in [-0.05, 0) is 6.07 Å². The molecule has 2 N–H and O–H groups in total. The molecule has 0 aliphatic rings. The number of amides is 2. The van der Waals surface area contributed by atoms with E-state index >= 15 is 0 Å². The first-order chi connectivity index (χ1) is 10.1. The predicted octanol–water partition coefficient (Wildman–Crippen LogP) is 1.35. The number of urea groups is 1. The summed E-state index contributed by atoms with van der Waals surface area (Å²) in [5.41, 5.74) is 0.0449. The van der Waals surface area contributed by atoms with Crippen molar-refractivity contribution in [2.75, 3.05) is 39.5 Å². The Morgan fingerprint density at radius 2 is 2.10 bits per heavy atom. The van der Waals surface area contributed by atoms with Crippen molar-refractivity contribution >= 4 is 17.4 Å². The van der Waals surface area contributed by atoms with Crippen molar-refractivity contribution in [1.29, 1.82) is 0 Å². The fourth-order valence-electron chi connectivity index (χ4n) is 1.40. The van der Waals surface area contributed by atoms with Crippen LogP contribution in [-0.2, 0) is 9.47 Å². The van der Waals surface area contributed by atoms with Crippen LogP contribution in [-0.4, -0.2) is 45.1 Å². The van der Waals surface area contributed by atoms with Crippen molar-refractivity contribution < 1.29 is 23.9 Å². The lowest BCUT2D eigenvalue weighted by Crippen LogP contribution is -2.31. The predicted molar refractivity (Wildman–Crippen MR) is 74.5 cm³/mol. The highest BCUT2D eigenvalue weighted by molar-refractivity contribution is 5.91. The fraction of sp³-hybridized carbons (Fsp3) is 0.417. The van der Waals surface area contributed by atoms with Crippen LogP contribution in [0.4, 0.5) is 16.2 Å². The fourth-order valence-corrected chi connectivity index (χ4v) is 1.40.